The van der Waals surface area contributed by atoms with E-state index in [9.17, 15) is 9.18 Å². The van der Waals surface area contributed by atoms with Gasteiger partial charge in [-0.3, -0.25) is 0 Å². The van der Waals surface area contributed by atoms with Gasteiger partial charge in [0.05, 0.1) is 10.7 Å². The van der Waals surface area contributed by atoms with Crippen LogP contribution in [0.15, 0.2) is 48.5 Å². The van der Waals surface area contributed by atoms with Crippen LogP contribution in [0.2, 0.25) is 5.02 Å². The number of carbonyl (C=O) groups is 1. The van der Waals surface area contributed by atoms with Crippen molar-refractivity contribution in [2.45, 2.75) is 13.5 Å². The van der Waals surface area contributed by atoms with Crippen molar-refractivity contribution in [2.24, 2.45) is 0 Å². The molecule has 0 saturated heterocycles. The van der Waals surface area contributed by atoms with E-state index in [1.165, 1.54) is 18.2 Å². The van der Waals surface area contributed by atoms with E-state index >= 15 is 0 Å². The van der Waals surface area contributed by atoms with Crippen molar-refractivity contribution in [3.63, 3.8) is 0 Å². The fourth-order valence-corrected chi connectivity index (χ4v) is 3.59. The van der Waals surface area contributed by atoms with Crippen molar-refractivity contribution in [3.05, 3.63) is 75.5 Å². The fraction of sp³-hybridized carbons (Fsp3) is 0.105. The topological polar surface area (TPSA) is 63.2 Å². The Kier molecular flexibility index (Phi) is 6.56. The Morgan fingerprint density at radius 1 is 1.25 bits per heavy atom. The molecule has 0 bridgehead atoms. The molecular weight excluding hydrogens is 421 g/mol. The van der Waals surface area contributed by atoms with Crippen molar-refractivity contribution in [3.8, 4) is 0 Å². The predicted octanol–water partition coefficient (Wildman–Crippen LogP) is 5.41. The maximum Gasteiger partial charge on any atom is 0.350 e. The molecule has 0 fully saturated rings. The van der Waals surface area contributed by atoms with Crippen LogP contribution in [0.5, 0.6) is 0 Å². The van der Waals surface area contributed by atoms with E-state index in [0.717, 1.165) is 16.9 Å². The van der Waals surface area contributed by atoms with Crippen molar-refractivity contribution in [1.29, 1.82) is 0 Å². The Morgan fingerprint density at radius 3 is 2.71 bits per heavy atom. The van der Waals surface area contributed by atoms with E-state index in [4.69, 9.17) is 28.6 Å². The highest BCUT2D eigenvalue weighted by Crippen LogP contribution is 2.24. The van der Waals surface area contributed by atoms with Gasteiger partial charge in [0.15, 0.2) is 10.2 Å². The van der Waals surface area contributed by atoms with Gasteiger partial charge < -0.3 is 15.4 Å². The highest BCUT2D eigenvalue weighted by molar-refractivity contribution is 7.80. The first-order valence-electron chi connectivity index (χ1n) is 8.14. The van der Waals surface area contributed by atoms with Crippen molar-refractivity contribution in [2.75, 3.05) is 10.6 Å². The number of hydrogen-bond donors (Lipinski definition) is 2. The molecular formula is C19H15ClFN3O2S2. The van der Waals surface area contributed by atoms with Gasteiger partial charge in [-0.1, -0.05) is 53.3 Å². The molecule has 0 aliphatic rings. The van der Waals surface area contributed by atoms with Crippen LogP contribution < -0.4 is 10.6 Å². The standard InChI is InChI=1S/C19H15ClFN3O2S2/c1-11-16(17(25)26-10-12-5-3-2-4-6-12)28-19(22-11)24-18(27)23-13-7-8-15(21)14(20)9-13/h2-9H,10H2,1H3,(H2,22,23,24,27). The first-order chi connectivity index (χ1) is 13.4. The van der Waals surface area contributed by atoms with E-state index in [0.29, 0.717) is 21.4 Å². The van der Waals surface area contributed by atoms with Gasteiger partial charge in [0.25, 0.3) is 0 Å². The van der Waals surface area contributed by atoms with Gasteiger partial charge in [0.1, 0.15) is 17.3 Å². The zero-order chi connectivity index (χ0) is 20.1. The van der Waals surface area contributed by atoms with Crippen molar-refractivity contribution < 1.29 is 13.9 Å². The lowest BCUT2D eigenvalue weighted by atomic mass is 10.2. The lowest BCUT2D eigenvalue weighted by Crippen LogP contribution is -2.18. The molecule has 0 aliphatic carbocycles. The van der Waals surface area contributed by atoms with Gasteiger partial charge in [0.2, 0.25) is 0 Å². The molecule has 5 nitrogen and oxygen atoms in total. The Hall–Kier alpha value is -2.55. The summed E-state index contributed by atoms with van der Waals surface area (Å²) < 4.78 is 18.6. The largest absolute Gasteiger partial charge is 0.457 e. The molecule has 0 aliphatic heterocycles. The van der Waals surface area contributed by atoms with Crippen molar-refractivity contribution in [1.82, 2.24) is 4.98 Å². The number of carbonyl (C=O) groups excluding carboxylic acids is 1. The van der Waals surface area contributed by atoms with Crippen LogP contribution >= 0.6 is 35.2 Å². The number of hydrogen-bond acceptors (Lipinski definition) is 5. The summed E-state index contributed by atoms with van der Waals surface area (Å²) in [4.78, 5) is 17.0. The molecule has 0 saturated carbocycles. The Morgan fingerprint density at radius 2 is 2.00 bits per heavy atom. The SMILES string of the molecule is Cc1nc(NC(=S)Nc2ccc(F)c(Cl)c2)sc1C(=O)OCc1ccccc1. The Balaban J connectivity index is 1.60. The summed E-state index contributed by atoms with van der Waals surface area (Å²) in [6, 6.07) is 13.6. The second-order valence-electron chi connectivity index (χ2n) is 5.70. The molecule has 0 atom stereocenters. The average molecular weight is 436 g/mol. The van der Waals surface area contributed by atoms with Gasteiger partial charge in [-0.15, -0.1) is 0 Å². The molecule has 2 aromatic carbocycles. The fourth-order valence-electron chi connectivity index (χ4n) is 2.26. The van der Waals surface area contributed by atoms with Crippen LogP contribution in [-0.2, 0) is 11.3 Å². The number of halogens is 2. The van der Waals surface area contributed by atoms with Gasteiger partial charge in [0, 0.05) is 5.69 Å². The Bertz CT molecular complexity index is 1010. The summed E-state index contributed by atoms with van der Waals surface area (Å²) in [5.74, 6) is -0.962. The highest BCUT2D eigenvalue weighted by atomic mass is 35.5. The number of esters is 1. The number of aryl methyl sites for hydroxylation is 1. The molecule has 2 N–H and O–H groups in total. The third-order valence-electron chi connectivity index (χ3n) is 3.59. The summed E-state index contributed by atoms with van der Waals surface area (Å²) in [5, 5.41) is 6.44. The minimum absolute atomic E-state index is 0.0126. The van der Waals surface area contributed by atoms with E-state index in [2.05, 4.69) is 15.6 Å². The van der Waals surface area contributed by atoms with Gasteiger partial charge in [-0.2, -0.15) is 0 Å². The number of nitrogens with one attached hydrogen (secondary N) is 2. The Labute approximate surface area is 175 Å². The molecule has 1 aromatic heterocycles. The van der Waals surface area contributed by atoms with Crippen LogP contribution in [0.25, 0.3) is 0 Å². The van der Waals surface area contributed by atoms with Gasteiger partial charge in [-0.05, 0) is 42.9 Å². The molecule has 1 heterocycles. The number of aromatic nitrogens is 1. The minimum atomic E-state index is -0.514. The number of thiocarbonyl (C=S) groups is 1. The average Bonchev–Trinajstić information content (AvgIpc) is 3.03. The summed E-state index contributed by atoms with van der Waals surface area (Å²) in [6.45, 7) is 1.90. The maximum absolute atomic E-state index is 13.2. The van der Waals surface area contributed by atoms with Crippen LogP contribution in [0, 0.1) is 12.7 Å². The lowest BCUT2D eigenvalue weighted by molar-refractivity contribution is 0.0477. The lowest BCUT2D eigenvalue weighted by Gasteiger charge is -2.08. The normalized spacial score (nSPS) is 10.4. The minimum Gasteiger partial charge on any atom is -0.457 e. The van der Waals surface area contributed by atoms with E-state index < -0.39 is 11.8 Å². The molecule has 0 spiro atoms. The number of rotatable bonds is 5. The number of anilines is 2. The first kappa shape index (κ1) is 20.2. The van der Waals surface area contributed by atoms with E-state index in [1.54, 1.807) is 6.92 Å². The molecule has 28 heavy (non-hydrogen) atoms. The molecule has 0 unspecified atom stereocenters. The third-order valence-corrected chi connectivity index (χ3v) is 5.14. The van der Waals surface area contributed by atoms with Crippen molar-refractivity contribution >= 4 is 57.1 Å². The molecule has 0 radical (unpaired) electrons. The smallest absolute Gasteiger partial charge is 0.350 e. The zero-order valence-corrected chi connectivity index (χ0v) is 17.1. The van der Waals surface area contributed by atoms with Gasteiger partial charge >= 0.3 is 5.97 Å². The number of ether oxygens (including phenoxy) is 1. The van der Waals surface area contributed by atoms with E-state index in [-0.39, 0.29) is 16.7 Å². The maximum atomic E-state index is 13.2. The number of nitrogens with zero attached hydrogens (tertiary/aromatic N) is 1. The monoisotopic (exact) mass is 435 g/mol. The second-order valence-corrected chi connectivity index (χ2v) is 7.52. The van der Waals surface area contributed by atoms with Crippen LogP contribution in [0.1, 0.15) is 20.9 Å². The molecule has 144 valence electrons. The molecule has 3 aromatic rings. The molecule has 0 amide bonds. The van der Waals surface area contributed by atoms with Crippen LogP contribution in [0.3, 0.4) is 0 Å². The first-order valence-corrected chi connectivity index (χ1v) is 9.74. The summed E-state index contributed by atoms with van der Waals surface area (Å²) in [5.41, 5.74) is 1.97. The third kappa shape index (κ3) is 5.25. The summed E-state index contributed by atoms with van der Waals surface area (Å²) in [6.07, 6.45) is 0. The quantitative estimate of drug-likeness (QED) is 0.412. The van der Waals surface area contributed by atoms with Gasteiger partial charge in [-0.25, -0.2) is 14.2 Å². The highest BCUT2D eigenvalue weighted by Gasteiger charge is 2.17. The predicted molar refractivity (Wildman–Crippen MR) is 114 cm³/mol. The zero-order valence-electron chi connectivity index (χ0n) is 14.7. The van der Waals surface area contributed by atoms with E-state index in [1.807, 2.05) is 30.3 Å². The molecule has 3 rings (SSSR count). The van der Waals surface area contributed by atoms with Crippen LogP contribution in [0.4, 0.5) is 15.2 Å². The number of benzene rings is 2. The number of thiazole rings is 1. The summed E-state index contributed by atoms with van der Waals surface area (Å²) in [7, 11) is 0. The van der Waals surface area contributed by atoms with Crippen LogP contribution in [-0.4, -0.2) is 16.1 Å². The second kappa shape index (κ2) is 9.09. The summed E-state index contributed by atoms with van der Waals surface area (Å²) >= 11 is 12.1. The molecule has 9 heteroatoms.